The first kappa shape index (κ1) is 23.7. The van der Waals surface area contributed by atoms with Gasteiger partial charge in [0, 0.05) is 20.3 Å². The Morgan fingerprint density at radius 2 is 1.22 bits per heavy atom. The molecule has 2 N–H and O–H groups in total. The molecule has 0 amide bonds. The van der Waals surface area contributed by atoms with Crippen molar-refractivity contribution in [2.75, 3.05) is 11.9 Å². The topological polar surface area (TPSA) is 49.3 Å². The summed E-state index contributed by atoms with van der Waals surface area (Å²) in [7, 11) is -0.809. The van der Waals surface area contributed by atoms with Gasteiger partial charge in [0.1, 0.15) is 0 Å². The lowest BCUT2D eigenvalue weighted by Gasteiger charge is -2.14. The number of rotatable bonds is 16. The SMILES string of the molecule is C[Si](C)(C)CCCCCCCCCCCCCNc1ccc(C(=O)O)cc1. The van der Waals surface area contributed by atoms with Gasteiger partial charge in [-0.05, 0) is 30.7 Å². The Labute approximate surface area is 168 Å². The summed E-state index contributed by atoms with van der Waals surface area (Å²) in [6, 6.07) is 8.48. The fraction of sp³-hybridized carbons (Fsp3) is 0.696. The molecule has 154 valence electrons. The fourth-order valence-electron chi connectivity index (χ4n) is 3.33. The largest absolute Gasteiger partial charge is 0.478 e. The molecule has 0 saturated carbocycles. The van der Waals surface area contributed by atoms with Crippen LogP contribution in [0.2, 0.25) is 25.7 Å². The van der Waals surface area contributed by atoms with Crippen LogP contribution in [0.15, 0.2) is 24.3 Å². The van der Waals surface area contributed by atoms with Gasteiger partial charge in [0.05, 0.1) is 5.56 Å². The molecule has 4 heteroatoms. The number of carboxylic acid groups (broad SMARTS) is 1. The number of hydrogen-bond acceptors (Lipinski definition) is 2. The second-order valence-electron chi connectivity index (χ2n) is 9.01. The monoisotopic (exact) mass is 391 g/mol. The highest BCUT2D eigenvalue weighted by molar-refractivity contribution is 6.76. The van der Waals surface area contributed by atoms with E-state index in [-0.39, 0.29) is 0 Å². The Morgan fingerprint density at radius 3 is 1.67 bits per heavy atom. The number of anilines is 1. The molecule has 3 nitrogen and oxygen atoms in total. The van der Waals surface area contributed by atoms with Gasteiger partial charge in [0.25, 0.3) is 0 Å². The van der Waals surface area contributed by atoms with Crippen LogP contribution < -0.4 is 5.32 Å². The van der Waals surface area contributed by atoms with Crippen LogP contribution in [0.3, 0.4) is 0 Å². The average Bonchev–Trinajstić information content (AvgIpc) is 2.61. The van der Waals surface area contributed by atoms with E-state index in [4.69, 9.17) is 5.11 Å². The summed E-state index contributed by atoms with van der Waals surface area (Å²) in [6.07, 6.45) is 15.1. The minimum atomic E-state index is -0.872. The lowest BCUT2D eigenvalue weighted by Crippen LogP contribution is -2.18. The summed E-state index contributed by atoms with van der Waals surface area (Å²) in [6.45, 7) is 8.38. The maximum absolute atomic E-state index is 10.8. The van der Waals surface area contributed by atoms with Gasteiger partial charge in [0.2, 0.25) is 0 Å². The molecule has 0 unspecified atom stereocenters. The van der Waals surface area contributed by atoms with E-state index in [1.165, 1.54) is 76.7 Å². The summed E-state index contributed by atoms with van der Waals surface area (Å²) in [5.74, 6) is -0.872. The van der Waals surface area contributed by atoms with Crippen molar-refractivity contribution in [2.24, 2.45) is 0 Å². The third-order valence-electron chi connectivity index (χ3n) is 5.06. The van der Waals surface area contributed by atoms with Crippen molar-refractivity contribution in [3.8, 4) is 0 Å². The van der Waals surface area contributed by atoms with Crippen LogP contribution in [-0.2, 0) is 0 Å². The first-order valence-corrected chi connectivity index (χ1v) is 14.7. The van der Waals surface area contributed by atoms with E-state index in [1.54, 1.807) is 12.1 Å². The number of hydrogen-bond donors (Lipinski definition) is 2. The predicted octanol–water partition coefficient (Wildman–Crippen LogP) is 7.43. The molecular weight excluding hydrogens is 350 g/mol. The highest BCUT2D eigenvalue weighted by atomic mass is 28.3. The molecule has 0 saturated heterocycles. The minimum Gasteiger partial charge on any atom is -0.478 e. The summed E-state index contributed by atoms with van der Waals surface area (Å²) in [5, 5.41) is 12.2. The van der Waals surface area contributed by atoms with Crippen molar-refractivity contribution >= 4 is 19.7 Å². The second-order valence-corrected chi connectivity index (χ2v) is 14.6. The van der Waals surface area contributed by atoms with Gasteiger partial charge in [-0.3, -0.25) is 0 Å². The van der Waals surface area contributed by atoms with E-state index in [1.807, 2.05) is 12.1 Å². The van der Waals surface area contributed by atoms with Crippen LogP contribution in [0.1, 0.15) is 81.0 Å². The minimum absolute atomic E-state index is 0.340. The fourth-order valence-corrected chi connectivity index (χ4v) is 4.65. The van der Waals surface area contributed by atoms with E-state index in [2.05, 4.69) is 25.0 Å². The Morgan fingerprint density at radius 1 is 0.778 bits per heavy atom. The summed E-state index contributed by atoms with van der Waals surface area (Å²) in [5.41, 5.74) is 1.34. The molecule has 0 spiro atoms. The van der Waals surface area contributed by atoms with Gasteiger partial charge in [-0.25, -0.2) is 4.79 Å². The first-order chi connectivity index (χ1) is 12.9. The summed E-state index contributed by atoms with van der Waals surface area (Å²) >= 11 is 0. The lowest BCUT2D eigenvalue weighted by molar-refractivity contribution is 0.0697. The van der Waals surface area contributed by atoms with Crippen molar-refractivity contribution in [1.29, 1.82) is 0 Å². The van der Waals surface area contributed by atoms with Crippen LogP contribution >= 0.6 is 0 Å². The predicted molar refractivity (Wildman–Crippen MR) is 121 cm³/mol. The molecule has 0 aliphatic heterocycles. The maximum Gasteiger partial charge on any atom is 0.335 e. The van der Waals surface area contributed by atoms with Crippen LogP contribution in [-0.4, -0.2) is 25.7 Å². The van der Waals surface area contributed by atoms with E-state index in [9.17, 15) is 4.79 Å². The van der Waals surface area contributed by atoms with Gasteiger partial charge < -0.3 is 10.4 Å². The molecular formula is C23H41NO2Si. The van der Waals surface area contributed by atoms with Crippen LogP contribution in [0.4, 0.5) is 5.69 Å². The summed E-state index contributed by atoms with van der Waals surface area (Å²) in [4.78, 5) is 10.8. The zero-order valence-electron chi connectivity index (χ0n) is 17.9. The maximum atomic E-state index is 10.8. The molecule has 0 aliphatic carbocycles. The molecule has 0 radical (unpaired) electrons. The first-order valence-electron chi connectivity index (χ1n) is 11.0. The highest BCUT2D eigenvalue weighted by Gasteiger charge is 2.11. The van der Waals surface area contributed by atoms with Gasteiger partial charge in [-0.2, -0.15) is 0 Å². The third-order valence-corrected chi connectivity index (χ3v) is 6.92. The van der Waals surface area contributed by atoms with Crippen LogP contribution in [0.25, 0.3) is 0 Å². The van der Waals surface area contributed by atoms with Gasteiger partial charge >= 0.3 is 5.97 Å². The number of nitrogens with one attached hydrogen (secondary N) is 1. The molecule has 0 aromatic heterocycles. The molecule has 0 atom stereocenters. The Kier molecular flexibility index (Phi) is 12.1. The van der Waals surface area contributed by atoms with Gasteiger partial charge in [-0.15, -0.1) is 0 Å². The zero-order chi connectivity index (χ0) is 20.0. The Balaban J connectivity index is 1.84. The van der Waals surface area contributed by atoms with E-state index in [0.717, 1.165) is 12.2 Å². The number of benzene rings is 1. The lowest BCUT2D eigenvalue weighted by atomic mass is 10.1. The third kappa shape index (κ3) is 13.5. The van der Waals surface area contributed by atoms with E-state index >= 15 is 0 Å². The van der Waals surface area contributed by atoms with E-state index < -0.39 is 14.0 Å². The Hall–Kier alpha value is -1.29. The van der Waals surface area contributed by atoms with E-state index in [0.29, 0.717) is 5.56 Å². The highest BCUT2D eigenvalue weighted by Crippen LogP contribution is 2.16. The molecule has 1 rings (SSSR count). The second kappa shape index (κ2) is 13.8. The molecule has 1 aromatic rings. The molecule has 0 heterocycles. The quantitative estimate of drug-likeness (QED) is 0.227. The molecule has 0 aliphatic rings. The smallest absolute Gasteiger partial charge is 0.335 e. The number of carbonyl (C=O) groups is 1. The van der Waals surface area contributed by atoms with Crippen LogP contribution in [0.5, 0.6) is 0 Å². The number of carboxylic acids is 1. The van der Waals surface area contributed by atoms with Crippen molar-refractivity contribution in [2.45, 2.75) is 96.3 Å². The van der Waals surface area contributed by atoms with Crippen molar-refractivity contribution in [1.82, 2.24) is 0 Å². The average molecular weight is 392 g/mol. The van der Waals surface area contributed by atoms with Crippen molar-refractivity contribution < 1.29 is 9.90 Å². The zero-order valence-corrected chi connectivity index (χ0v) is 18.9. The molecule has 1 aromatic carbocycles. The molecule has 27 heavy (non-hydrogen) atoms. The summed E-state index contributed by atoms with van der Waals surface area (Å²) < 4.78 is 0. The molecule has 0 fully saturated rings. The standard InChI is InChI=1S/C23H41NO2Si/c1-27(2,3)20-14-12-10-8-6-4-5-7-9-11-13-19-24-22-17-15-21(16-18-22)23(25)26/h15-18,24H,4-14,19-20H2,1-3H3,(H,25,26). The number of unbranched alkanes of at least 4 members (excludes halogenated alkanes) is 10. The van der Waals surface area contributed by atoms with Crippen LogP contribution in [0, 0.1) is 0 Å². The molecule has 0 bridgehead atoms. The number of aromatic carboxylic acids is 1. The van der Waals surface area contributed by atoms with Crippen molar-refractivity contribution in [3.63, 3.8) is 0 Å². The van der Waals surface area contributed by atoms with Gasteiger partial charge in [-0.1, -0.05) is 89.9 Å². The normalized spacial score (nSPS) is 11.5. The van der Waals surface area contributed by atoms with Crippen molar-refractivity contribution in [3.05, 3.63) is 29.8 Å². The van der Waals surface area contributed by atoms with Gasteiger partial charge in [0.15, 0.2) is 0 Å². The Bertz CT molecular complexity index is 508.